The van der Waals surface area contributed by atoms with Crippen LogP contribution in [-0.2, 0) is 35.7 Å². The van der Waals surface area contributed by atoms with E-state index in [-0.39, 0.29) is 63.7 Å². The number of nitrogens with zero attached hydrogens (tertiary/aromatic N) is 2. The molecule has 1 heterocycles. The molecule has 8 atom stereocenters. The molecule has 0 radical (unpaired) electrons. The zero-order valence-corrected chi connectivity index (χ0v) is 37.5. The molecule has 0 N–H and O–H groups in total. The van der Waals surface area contributed by atoms with E-state index in [2.05, 4.69) is 53.6 Å². The Bertz CT molecular complexity index is 1950. The van der Waals surface area contributed by atoms with Gasteiger partial charge in [-0.2, -0.15) is 0 Å². The van der Waals surface area contributed by atoms with Crippen LogP contribution >= 0.6 is 11.6 Å². The molecule has 0 spiro atoms. The van der Waals surface area contributed by atoms with Gasteiger partial charge >= 0.3 is 11.9 Å². The highest BCUT2D eigenvalue weighted by molar-refractivity contribution is 6.30. The maximum absolute atomic E-state index is 14.2. The van der Waals surface area contributed by atoms with Crippen LogP contribution in [0.2, 0.25) is 5.02 Å². The molecule has 7 rings (SSSR count). The Balaban J connectivity index is 1.14. The highest BCUT2D eigenvalue weighted by Crippen LogP contribution is 2.76. The lowest BCUT2D eigenvalue weighted by Gasteiger charge is -2.72. The molecule has 0 unspecified atom stereocenters. The van der Waals surface area contributed by atoms with Crippen LogP contribution in [0.25, 0.3) is 0 Å². The van der Waals surface area contributed by atoms with E-state index >= 15 is 0 Å². The zero-order valence-electron chi connectivity index (χ0n) is 36.7. The van der Waals surface area contributed by atoms with Gasteiger partial charge in [0, 0.05) is 16.9 Å². The molecule has 5 aliphatic carbocycles. The predicted molar refractivity (Wildman–Crippen MR) is 221 cm³/mol. The fourth-order valence-corrected chi connectivity index (χ4v) is 13.5. The van der Waals surface area contributed by atoms with E-state index in [9.17, 15) is 14.4 Å². The molecule has 312 valence electrons. The molecule has 57 heavy (non-hydrogen) atoms. The second-order valence-corrected chi connectivity index (χ2v) is 22.4. The van der Waals surface area contributed by atoms with Gasteiger partial charge in [0.15, 0.2) is 5.78 Å². The predicted octanol–water partition coefficient (Wildman–Crippen LogP) is 11.2. The lowest BCUT2D eigenvalue weighted by atomic mass is 9.33. The minimum atomic E-state index is -0.978. The molecule has 1 aromatic carbocycles. The van der Waals surface area contributed by atoms with Crippen molar-refractivity contribution in [3.63, 3.8) is 0 Å². The molecular formula is C48H67ClN2O6. The van der Waals surface area contributed by atoms with Crippen molar-refractivity contribution in [2.24, 2.45) is 50.7 Å². The summed E-state index contributed by atoms with van der Waals surface area (Å²) in [6, 6.07) is 7.73. The van der Waals surface area contributed by atoms with Crippen molar-refractivity contribution in [3.05, 3.63) is 57.8 Å². The molecule has 0 bridgehead atoms. The number of carbonyl (C=O) groups is 3. The van der Waals surface area contributed by atoms with E-state index in [1.54, 1.807) is 13.8 Å². The van der Waals surface area contributed by atoms with E-state index in [1.165, 1.54) is 5.57 Å². The monoisotopic (exact) mass is 802 g/mol. The minimum absolute atomic E-state index is 0.0116. The number of hydrogen-bond acceptors (Lipinski definition) is 8. The van der Waals surface area contributed by atoms with Crippen LogP contribution in [0.4, 0.5) is 0 Å². The summed E-state index contributed by atoms with van der Waals surface area (Å²) in [6.45, 7) is 25.7. The summed E-state index contributed by atoms with van der Waals surface area (Å²) >= 11 is 6.15. The Morgan fingerprint density at radius 3 is 2.21 bits per heavy atom. The van der Waals surface area contributed by atoms with Crippen molar-refractivity contribution in [2.75, 3.05) is 0 Å². The topological polar surface area (TPSA) is 109 Å². The van der Waals surface area contributed by atoms with Crippen LogP contribution in [0.3, 0.4) is 0 Å². The van der Waals surface area contributed by atoms with Gasteiger partial charge in [0.1, 0.15) is 11.7 Å². The molecule has 4 saturated carbocycles. The number of hydrogen-bond donors (Lipinski definition) is 0. The Hall–Kier alpha value is -3.00. The lowest BCUT2D eigenvalue weighted by molar-refractivity contribution is -0.232. The normalized spacial score (nSPS) is 34.9. The van der Waals surface area contributed by atoms with Crippen LogP contribution in [0.1, 0.15) is 165 Å². The standard InChI is InChI=1S/C48H67ClN2O6/c1-28(2)38-32(52)26-48(40-51-50-36(56-40)25-29-13-15-30(49)16-14-29)24-23-46(11)31(39(38)48)17-18-34-45(10)21-20-35(44(8,9)33(45)19-22-47(34,46)12)55-37(53)27-43(6,7)41(54)57-42(3,4)5/h13-16,28,31,33-35H,17-27H2,1-12H3/t31-,33+,34-,35+,45+,46-,47-,48-/m1/s1. The highest BCUT2D eigenvalue weighted by Gasteiger charge is 2.71. The molecule has 1 aromatic heterocycles. The molecule has 5 aliphatic rings. The van der Waals surface area contributed by atoms with Gasteiger partial charge in [0.2, 0.25) is 11.8 Å². The molecule has 0 saturated heterocycles. The third kappa shape index (κ3) is 6.84. The SMILES string of the molecule is CC(C)C1=C2[C@H]3CC[C@@H]4[C@@]5(C)CC[C@H](OC(=O)CC(C)(C)C(=O)OC(C)(C)C)C(C)(C)[C@@H]5CC[C@@]4(C)[C@]3(C)CC[C@@]2(c2nnc(Cc3ccc(Cl)cc3)o2)CC1=O. The first-order chi connectivity index (χ1) is 26.4. The van der Waals surface area contributed by atoms with Crippen molar-refractivity contribution in [1.82, 2.24) is 10.2 Å². The molecular weight excluding hydrogens is 736 g/mol. The smallest absolute Gasteiger partial charge is 0.312 e. The largest absolute Gasteiger partial charge is 0.462 e. The molecule has 9 heteroatoms. The number of allylic oxidation sites excluding steroid dienone is 2. The molecule has 4 fully saturated rings. The summed E-state index contributed by atoms with van der Waals surface area (Å²) in [7, 11) is 0. The Kier molecular flexibility index (Phi) is 10.4. The van der Waals surface area contributed by atoms with E-state index in [0.29, 0.717) is 41.5 Å². The maximum Gasteiger partial charge on any atom is 0.312 e. The van der Waals surface area contributed by atoms with E-state index in [4.69, 9.17) is 30.6 Å². The summed E-state index contributed by atoms with van der Waals surface area (Å²) in [6.07, 6.45) is 8.62. The minimum Gasteiger partial charge on any atom is -0.462 e. The van der Waals surface area contributed by atoms with Crippen LogP contribution in [-0.4, -0.2) is 39.6 Å². The van der Waals surface area contributed by atoms with Gasteiger partial charge < -0.3 is 13.9 Å². The highest BCUT2D eigenvalue weighted by atomic mass is 35.5. The van der Waals surface area contributed by atoms with Crippen LogP contribution in [0.5, 0.6) is 0 Å². The lowest BCUT2D eigenvalue weighted by Crippen LogP contribution is -2.66. The third-order valence-corrected chi connectivity index (χ3v) is 16.6. The summed E-state index contributed by atoms with van der Waals surface area (Å²) < 4.78 is 18.6. The van der Waals surface area contributed by atoms with Gasteiger partial charge in [0.05, 0.1) is 23.7 Å². The fourth-order valence-electron chi connectivity index (χ4n) is 13.4. The van der Waals surface area contributed by atoms with Crippen molar-refractivity contribution < 1.29 is 28.3 Å². The third-order valence-electron chi connectivity index (χ3n) is 16.3. The second kappa shape index (κ2) is 14.0. The summed E-state index contributed by atoms with van der Waals surface area (Å²) in [4.78, 5) is 40.7. The zero-order chi connectivity index (χ0) is 41.7. The molecule has 0 aliphatic heterocycles. The average Bonchev–Trinajstić information content (AvgIpc) is 3.69. The van der Waals surface area contributed by atoms with Crippen LogP contribution < -0.4 is 0 Å². The number of benzene rings is 1. The first kappa shape index (κ1) is 42.1. The van der Waals surface area contributed by atoms with Gasteiger partial charge in [-0.05, 0) is 155 Å². The number of halogens is 1. The van der Waals surface area contributed by atoms with Crippen LogP contribution in [0, 0.1) is 50.7 Å². The summed E-state index contributed by atoms with van der Waals surface area (Å²) in [5.41, 5.74) is 1.08. The Labute approximate surface area is 346 Å². The van der Waals surface area contributed by atoms with Gasteiger partial charge in [-0.15, -0.1) is 10.2 Å². The average molecular weight is 804 g/mol. The number of aromatic nitrogens is 2. The number of ketones is 1. The number of esters is 2. The number of ether oxygens (including phenoxy) is 2. The molecule has 2 aromatic rings. The van der Waals surface area contributed by atoms with Gasteiger partial charge in [-0.3, -0.25) is 14.4 Å². The number of carbonyl (C=O) groups excluding carboxylic acids is 3. The van der Waals surface area contributed by atoms with Crippen molar-refractivity contribution >= 4 is 29.3 Å². The van der Waals surface area contributed by atoms with Gasteiger partial charge in [-0.25, -0.2) is 0 Å². The van der Waals surface area contributed by atoms with Crippen molar-refractivity contribution in [3.8, 4) is 0 Å². The number of rotatable bonds is 8. The van der Waals surface area contributed by atoms with E-state index in [0.717, 1.165) is 62.5 Å². The Morgan fingerprint density at radius 1 is 0.877 bits per heavy atom. The van der Waals surface area contributed by atoms with Crippen molar-refractivity contribution in [1.29, 1.82) is 0 Å². The van der Waals surface area contributed by atoms with Crippen LogP contribution in [0.15, 0.2) is 39.8 Å². The molecule has 0 amide bonds. The van der Waals surface area contributed by atoms with Gasteiger partial charge in [0.25, 0.3) is 0 Å². The first-order valence-electron chi connectivity index (χ1n) is 21.7. The second-order valence-electron chi connectivity index (χ2n) is 22.0. The summed E-state index contributed by atoms with van der Waals surface area (Å²) in [5, 5.41) is 9.98. The fraction of sp³-hybridized carbons (Fsp3) is 0.729. The Morgan fingerprint density at radius 2 is 1.56 bits per heavy atom. The maximum atomic E-state index is 14.2. The number of Topliss-reactive ketones (excluding diaryl/α,β-unsaturated/α-hetero) is 1. The molecule has 8 nitrogen and oxygen atoms in total. The first-order valence-corrected chi connectivity index (χ1v) is 22.0. The van der Waals surface area contributed by atoms with Crippen molar-refractivity contribution in [2.45, 2.75) is 171 Å². The number of fused-ring (bicyclic) bond motifs is 7. The van der Waals surface area contributed by atoms with E-state index in [1.807, 2.05) is 45.0 Å². The quantitative estimate of drug-likeness (QED) is 0.243. The summed E-state index contributed by atoms with van der Waals surface area (Å²) in [5.74, 6) is 1.95. The van der Waals surface area contributed by atoms with Gasteiger partial charge in [-0.1, -0.05) is 72.2 Å². The van der Waals surface area contributed by atoms with E-state index < -0.39 is 16.4 Å².